The van der Waals surface area contributed by atoms with Crippen molar-refractivity contribution in [3.8, 4) is 0 Å². The monoisotopic (exact) mass is 402 g/mol. The lowest BCUT2D eigenvalue weighted by molar-refractivity contribution is -0.128. The average molecular weight is 402 g/mol. The van der Waals surface area contributed by atoms with E-state index in [9.17, 15) is 9.59 Å². The number of likely N-dealkylation sites (tertiary alicyclic amines) is 1. The number of anilines is 1. The van der Waals surface area contributed by atoms with Crippen molar-refractivity contribution in [2.75, 3.05) is 11.9 Å². The van der Waals surface area contributed by atoms with Crippen LogP contribution in [0.5, 0.6) is 0 Å². The molecular formula is C22H22N6O2. The number of fused-ring (bicyclic) bond motifs is 3. The number of para-hydroxylation sites is 1. The van der Waals surface area contributed by atoms with Crippen LogP contribution in [-0.4, -0.2) is 36.5 Å². The van der Waals surface area contributed by atoms with Crippen LogP contribution in [0.25, 0.3) is 16.7 Å². The predicted octanol–water partition coefficient (Wildman–Crippen LogP) is 2.32. The normalized spacial score (nSPS) is 14.2. The molecule has 152 valence electrons. The fourth-order valence-electron chi connectivity index (χ4n) is 4.06. The van der Waals surface area contributed by atoms with Gasteiger partial charge in [0.1, 0.15) is 0 Å². The minimum absolute atomic E-state index is 0.0887. The zero-order valence-corrected chi connectivity index (χ0v) is 16.7. The Morgan fingerprint density at radius 3 is 2.77 bits per heavy atom. The predicted molar refractivity (Wildman–Crippen MR) is 114 cm³/mol. The van der Waals surface area contributed by atoms with E-state index in [4.69, 9.17) is 0 Å². The van der Waals surface area contributed by atoms with Crippen LogP contribution < -0.4 is 10.9 Å². The molecule has 1 aliphatic rings. The minimum atomic E-state index is -0.0887. The summed E-state index contributed by atoms with van der Waals surface area (Å²) in [6, 6.07) is 15.6. The van der Waals surface area contributed by atoms with Gasteiger partial charge in [-0.05, 0) is 36.2 Å². The molecule has 30 heavy (non-hydrogen) atoms. The van der Waals surface area contributed by atoms with Crippen LogP contribution in [0.4, 0.5) is 5.69 Å². The first kappa shape index (κ1) is 18.4. The molecule has 0 atom stereocenters. The summed E-state index contributed by atoms with van der Waals surface area (Å²) in [4.78, 5) is 26.4. The molecule has 8 nitrogen and oxygen atoms in total. The number of aryl methyl sites for hydroxylation is 1. The lowest BCUT2D eigenvalue weighted by Gasteiger charge is -2.16. The van der Waals surface area contributed by atoms with E-state index in [0.29, 0.717) is 30.7 Å². The third kappa shape index (κ3) is 3.10. The van der Waals surface area contributed by atoms with E-state index in [-0.39, 0.29) is 11.5 Å². The number of hydrogen-bond acceptors (Lipinski definition) is 5. The van der Waals surface area contributed by atoms with E-state index in [1.54, 1.807) is 7.05 Å². The molecule has 5 rings (SSSR count). The van der Waals surface area contributed by atoms with Crippen molar-refractivity contribution in [3.63, 3.8) is 0 Å². The third-order valence-corrected chi connectivity index (χ3v) is 5.62. The maximum atomic E-state index is 12.6. The number of benzene rings is 2. The highest BCUT2D eigenvalue weighted by Gasteiger charge is 2.20. The zero-order chi connectivity index (χ0) is 20.7. The molecule has 1 aliphatic heterocycles. The van der Waals surface area contributed by atoms with Crippen LogP contribution in [0.15, 0.2) is 53.3 Å². The molecule has 0 aliphatic carbocycles. The molecule has 2 aromatic carbocycles. The maximum absolute atomic E-state index is 12.6. The summed E-state index contributed by atoms with van der Waals surface area (Å²) in [6.45, 7) is 1.92. The number of nitrogens with zero attached hydrogens (tertiary/aromatic N) is 5. The molecule has 0 spiro atoms. The molecule has 0 radical (unpaired) electrons. The topological polar surface area (TPSA) is 84.5 Å². The van der Waals surface area contributed by atoms with Crippen LogP contribution in [0, 0.1) is 0 Å². The van der Waals surface area contributed by atoms with Crippen LogP contribution in [0.3, 0.4) is 0 Å². The molecule has 1 saturated heterocycles. The first-order valence-electron chi connectivity index (χ1n) is 10.0. The molecule has 0 saturated carbocycles. The van der Waals surface area contributed by atoms with Gasteiger partial charge in [-0.1, -0.05) is 24.3 Å². The van der Waals surface area contributed by atoms with Gasteiger partial charge in [-0.3, -0.25) is 18.6 Å². The van der Waals surface area contributed by atoms with E-state index in [2.05, 4.69) is 21.6 Å². The van der Waals surface area contributed by atoms with Crippen molar-refractivity contribution < 1.29 is 4.79 Å². The zero-order valence-electron chi connectivity index (χ0n) is 16.7. The number of amides is 1. The Labute approximate surface area is 172 Å². The van der Waals surface area contributed by atoms with Gasteiger partial charge in [0.15, 0.2) is 5.82 Å². The first-order valence-corrected chi connectivity index (χ1v) is 10.0. The van der Waals surface area contributed by atoms with Gasteiger partial charge in [-0.15, -0.1) is 10.2 Å². The van der Waals surface area contributed by atoms with Gasteiger partial charge < -0.3 is 10.2 Å². The average Bonchev–Trinajstić information content (AvgIpc) is 3.37. The largest absolute Gasteiger partial charge is 0.378 e. The van der Waals surface area contributed by atoms with Crippen molar-refractivity contribution in [3.05, 3.63) is 70.3 Å². The number of nitrogens with one attached hydrogen (secondary N) is 1. The highest BCUT2D eigenvalue weighted by molar-refractivity contribution is 5.80. The van der Waals surface area contributed by atoms with Gasteiger partial charge >= 0.3 is 0 Å². The van der Waals surface area contributed by atoms with Crippen LogP contribution in [0.1, 0.15) is 24.2 Å². The van der Waals surface area contributed by atoms with E-state index in [0.717, 1.165) is 35.6 Å². The lowest BCUT2D eigenvalue weighted by atomic mass is 10.2. The highest BCUT2D eigenvalue weighted by atomic mass is 16.2. The summed E-state index contributed by atoms with van der Waals surface area (Å²) in [7, 11) is 1.71. The van der Waals surface area contributed by atoms with Crippen LogP contribution >= 0.6 is 0 Å². The second-order valence-corrected chi connectivity index (χ2v) is 7.61. The molecule has 2 aromatic heterocycles. The molecule has 8 heteroatoms. The Morgan fingerprint density at radius 2 is 1.93 bits per heavy atom. The summed E-state index contributed by atoms with van der Waals surface area (Å²) in [5.41, 5.74) is 2.74. The Balaban J connectivity index is 1.43. The molecule has 1 fully saturated rings. The van der Waals surface area contributed by atoms with Crippen molar-refractivity contribution >= 4 is 28.3 Å². The van der Waals surface area contributed by atoms with E-state index >= 15 is 0 Å². The van der Waals surface area contributed by atoms with Crippen molar-refractivity contribution in [1.29, 1.82) is 0 Å². The molecule has 0 bridgehead atoms. The number of hydrogen-bond donors (Lipinski definition) is 1. The molecule has 3 heterocycles. The quantitative estimate of drug-likeness (QED) is 0.554. The molecule has 0 unspecified atom stereocenters. The van der Waals surface area contributed by atoms with Gasteiger partial charge in [-0.25, -0.2) is 0 Å². The summed E-state index contributed by atoms with van der Waals surface area (Å²) >= 11 is 0. The van der Waals surface area contributed by atoms with Gasteiger partial charge in [0.05, 0.1) is 17.4 Å². The van der Waals surface area contributed by atoms with Gasteiger partial charge in [-0.2, -0.15) is 0 Å². The minimum Gasteiger partial charge on any atom is -0.378 e. The summed E-state index contributed by atoms with van der Waals surface area (Å²) in [5, 5.41) is 12.6. The van der Waals surface area contributed by atoms with Gasteiger partial charge in [0.25, 0.3) is 5.56 Å². The number of aromatic nitrogens is 4. The summed E-state index contributed by atoms with van der Waals surface area (Å²) in [6.07, 6.45) is 1.58. The second-order valence-electron chi connectivity index (χ2n) is 7.61. The summed E-state index contributed by atoms with van der Waals surface area (Å²) in [5.74, 6) is 1.45. The fraction of sp³-hybridized carbons (Fsp3) is 0.273. The SMILES string of the molecule is Cn1c(=O)c2ccccc2n2c(CNc3cccc(CN4CCCC4=O)c3)nnc12. The standard InChI is InChI=1S/C22H22N6O2/c1-26-21(30)17-8-2-3-9-18(17)28-19(24-25-22(26)28)13-23-16-7-4-6-15(12-16)14-27-11-5-10-20(27)29/h2-4,6-9,12,23H,5,10-11,13-14H2,1H3. The van der Waals surface area contributed by atoms with E-state index in [1.807, 2.05) is 51.8 Å². The Hall–Kier alpha value is -3.68. The number of carbonyl (C=O) groups excluding carboxylic acids is 1. The maximum Gasteiger partial charge on any atom is 0.262 e. The van der Waals surface area contributed by atoms with E-state index in [1.165, 1.54) is 4.57 Å². The number of rotatable bonds is 5. The Bertz CT molecular complexity index is 1320. The van der Waals surface area contributed by atoms with E-state index < -0.39 is 0 Å². The summed E-state index contributed by atoms with van der Waals surface area (Å²) < 4.78 is 3.43. The van der Waals surface area contributed by atoms with Crippen LogP contribution in [-0.2, 0) is 24.9 Å². The fourth-order valence-corrected chi connectivity index (χ4v) is 4.06. The lowest BCUT2D eigenvalue weighted by Crippen LogP contribution is -2.23. The molecular weight excluding hydrogens is 380 g/mol. The highest BCUT2D eigenvalue weighted by Crippen LogP contribution is 2.19. The Morgan fingerprint density at radius 1 is 1.07 bits per heavy atom. The Kier molecular flexibility index (Phi) is 4.46. The van der Waals surface area contributed by atoms with Crippen LogP contribution in [0.2, 0.25) is 0 Å². The van der Waals surface area contributed by atoms with Crippen molar-refractivity contribution in [2.24, 2.45) is 7.05 Å². The molecule has 1 N–H and O–H groups in total. The number of carbonyl (C=O) groups is 1. The molecule has 1 amide bonds. The second kappa shape index (κ2) is 7.29. The van der Waals surface area contributed by atoms with Gasteiger partial charge in [0, 0.05) is 32.2 Å². The molecule has 4 aromatic rings. The van der Waals surface area contributed by atoms with Crippen molar-refractivity contribution in [2.45, 2.75) is 25.9 Å². The first-order chi connectivity index (χ1) is 14.6. The smallest absolute Gasteiger partial charge is 0.262 e. The van der Waals surface area contributed by atoms with Gasteiger partial charge in [0.2, 0.25) is 11.7 Å². The third-order valence-electron chi connectivity index (χ3n) is 5.62. The van der Waals surface area contributed by atoms with Crippen molar-refractivity contribution in [1.82, 2.24) is 24.1 Å².